The zero-order valence-electron chi connectivity index (χ0n) is 13.6. The van der Waals surface area contributed by atoms with Crippen LogP contribution in [-0.4, -0.2) is 7.11 Å². The molecule has 108 valence electrons. The molecule has 0 saturated heterocycles. The van der Waals surface area contributed by atoms with E-state index in [9.17, 15) is 0 Å². The summed E-state index contributed by atoms with van der Waals surface area (Å²) in [6.45, 7) is 11.5. The molecule has 1 heteroatoms. The maximum atomic E-state index is 5.24. The van der Waals surface area contributed by atoms with Gasteiger partial charge in [-0.25, -0.2) is 0 Å². The van der Waals surface area contributed by atoms with Gasteiger partial charge in [0.1, 0.15) is 5.75 Å². The van der Waals surface area contributed by atoms with Crippen molar-refractivity contribution in [2.45, 2.75) is 46.5 Å². The number of hydrogen-bond donors (Lipinski definition) is 0. The molecule has 1 aromatic rings. The lowest BCUT2D eigenvalue weighted by Crippen LogP contribution is -2.19. The molecule has 0 unspecified atom stereocenters. The highest BCUT2D eigenvalue weighted by atomic mass is 16.5. The lowest BCUT2D eigenvalue weighted by atomic mass is 9.77. The molecular weight excluding hydrogens is 244 g/mol. The number of allylic oxidation sites excluding steroid dienone is 4. The van der Waals surface area contributed by atoms with Crippen molar-refractivity contribution in [3.05, 3.63) is 53.1 Å². The third kappa shape index (κ3) is 2.82. The van der Waals surface area contributed by atoms with Crippen molar-refractivity contribution in [1.29, 1.82) is 0 Å². The maximum absolute atomic E-state index is 5.24. The van der Waals surface area contributed by atoms with Crippen molar-refractivity contribution in [1.82, 2.24) is 0 Å². The van der Waals surface area contributed by atoms with Crippen LogP contribution in [0.3, 0.4) is 0 Å². The van der Waals surface area contributed by atoms with Gasteiger partial charge in [0.25, 0.3) is 0 Å². The van der Waals surface area contributed by atoms with Crippen molar-refractivity contribution in [2.24, 2.45) is 5.41 Å². The molecular formula is C19H26O. The predicted molar refractivity (Wildman–Crippen MR) is 86.3 cm³/mol. The van der Waals surface area contributed by atoms with E-state index in [1.807, 2.05) is 12.1 Å². The Kier molecular flexibility index (Phi) is 3.82. The number of ether oxygens (including phenoxy) is 1. The Morgan fingerprint density at radius 1 is 0.950 bits per heavy atom. The van der Waals surface area contributed by atoms with Crippen LogP contribution in [0.4, 0.5) is 0 Å². The molecule has 0 radical (unpaired) electrons. The molecule has 1 aliphatic carbocycles. The van der Waals surface area contributed by atoms with E-state index in [1.165, 1.54) is 16.7 Å². The first kappa shape index (κ1) is 14.9. The molecule has 0 saturated carbocycles. The molecule has 20 heavy (non-hydrogen) atoms. The summed E-state index contributed by atoms with van der Waals surface area (Å²) in [5.74, 6) is 0.913. The summed E-state index contributed by atoms with van der Waals surface area (Å²) in [5.41, 5.74) is 4.57. The first-order chi connectivity index (χ1) is 9.25. The topological polar surface area (TPSA) is 9.23 Å². The van der Waals surface area contributed by atoms with E-state index in [1.54, 1.807) is 7.11 Å². The number of rotatable bonds is 3. The molecule has 0 bridgehead atoms. The average molecular weight is 270 g/mol. The molecule has 0 N–H and O–H groups in total. The molecule has 0 amide bonds. The molecule has 0 aliphatic heterocycles. The van der Waals surface area contributed by atoms with Gasteiger partial charge in [0.2, 0.25) is 0 Å². The van der Waals surface area contributed by atoms with Gasteiger partial charge in [-0.05, 0) is 35.1 Å². The summed E-state index contributed by atoms with van der Waals surface area (Å²) in [7, 11) is 1.71. The first-order valence-corrected chi connectivity index (χ1v) is 7.31. The minimum Gasteiger partial charge on any atom is -0.497 e. The third-order valence-corrected chi connectivity index (χ3v) is 4.37. The Morgan fingerprint density at radius 3 is 2.00 bits per heavy atom. The molecule has 1 aromatic carbocycles. The lowest BCUT2D eigenvalue weighted by Gasteiger charge is -2.27. The van der Waals surface area contributed by atoms with Crippen LogP contribution in [0, 0.1) is 5.41 Å². The van der Waals surface area contributed by atoms with Gasteiger partial charge in [0.05, 0.1) is 7.11 Å². The highest BCUT2D eigenvalue weighted by Gasteiger charge is 2.29. The second-order valence-electron chi connectivity index (χ2n) is 7.14. The van der Waals surface area contributed by atoms with Crippen LogP contribution in [0.5, 0.6) is 5.75 Å². The number of methoxy groups -OCH3 is 1. The normalized spacial score (nSPS) is 15.9. The summed E-state index contributed by atoms with van der Waals surface area (Å²) in [6.07, 6.45) is 5.85. The molecule has 0 spiro atoms. The first-order valence-electron chi connectivity index (χ1n) is 7.31. The molecule has 1 aliphatic rings. The molecule has 0 fully saturated rings. The van der Waals surface area contributed by atoms with Crippen molar-refractivity contribution >= 4 is 0 Å². The van der Waals surface area contributed by atoms with Crippen LogP contribution in [0.25, 0.3) is 0 Å². The van der Waals surface area contributed by atoms with Gasteiger partial charge in [0, 0.05) is 5.41 Å². The quantitative estimate of drug-likeness (QED) is 0.726. The van der Waals surface area contributed by atoms with Gasteiger partial charge in [-0.1, -0.05) is 64.5 Å². The van der Waals surface area contributed by atoms with E-state index in [0.29, 0.717) is 0 Å². The molecule has 1 nitrogen and oxygen atoms in total. The van der Waals surface area contributed by atoms with Crippen LogP contribution in [-0.2, 0) is 5.41 Å². The van der Waals surface area contributed by atoms with E-state index in [0.717, 1.165) is 12.2 Å². The van der Waals surface area contributed by atoms with Gasteiger partial charge in [0.15, 0.2) is 0 Å². The van der Waals surface area contributed by atoms with Crippen LogP contribution in [0.2, 0.25) is 0 Å². The Morgan fingerprint density at radius 2 is 1.55 bits per heavy atom. The van der Waals surface area contributed by atoms with Crippen molar-refractivity contribution < 1.29 is 4.74 Å². The second-order valence-corrected chi connectivity index (χ2v) is 7.14. The van der Waals surface area contributed by atoms with Crippen LogP contribution in [0.1, 0.15) is 46.6 Å². The summed E-state index contributed by atoms with van der Waals surface area (Å²) in [5, 5.41) is 0. The molecule has 2 rings (SSSR count). The maximum Gasteiger partial charge on any atom is 0.118 e. The highest BCUT2D eigenvalue weighted by Crippen LogP contribution is 2.41. The zero-order chi connectivity index (χ0) is 15.0. The van der Waals surface area contributed by atoms with Crippen molar-refractivity contribution in [3.8, 4) is 5.75 Å². The lowest BCUT2D eigenvalue weighted by molar-refractivity contribution is 0.414. The fraction of sp³-hybridized carbons (Fsp3) is 0.474. The standard InChI is InChI=1S/C19H26O/c1-18(2,3)15-7-8-16(13-15)19(4,5)14-9-11-17(20-6)12-10-14/h8-13H,7H2,1-6H3. The Labute approximate surface area is 123 Å². The van der Waals surface area contributed by atoms with Crippen LogP contribution in [0.15, 0.2) is 47.6 Å². The van der Waals surface area contributed by atoms with Gasteiger partial charge < -0.3 is 4.74 Å². The minimum absolute atomic E-state index is 0.0409. The summed E-state index contributed by atoms with van der Waals surface area (Å²) < 4.78 is 5.24. The van der Waals surface area contributed by atoms with Crippen molar-refractivity contribution in [2.75, 3.05) is 7.11 Å². The summed E-state index contributed by atoms with van der Waals surface area (Å²) >= 11 is 0. The monoisotopic (exact) mass is 270 g/mol. The van der Waals surface area contributed by atoms with Crippen LogP contribution >= 0.6 is 0 Å². The molecule has 0 aromatic heterocycles. The molecule has 0 atom stereocenters. The van der Waals surface area contributed by atoms with Gasteiger partial charge in [-0.15, -0.1) is 0 Å². The minimum atomic E-state index is 0.0409. The molecule has 0 heterocycles. The highest BCUT2D eigenvalue weighted by molar-refractivity contribution is 5.47. The van der Waals surface area contributed by atoms with E-state index in [4.69, 9.17) is 4.74 Å². The zero-order valence-corrected chi connectivity index (χ0v) is 13.6. The number of benzene rings is 1. The Hall–Kier alpha value is -1.50. The van der Waals surface area contributed by atoms with Crippen molar-refractivity contribution in [3.63, 3.8) is 0 Å². The summed E-state index contributed by atoms with van der Waals surface area (Å²) in [6, 6.07) is 8.42. The summed E-state index contributed by atoms with van der Waals surface area (Å²) in [4.78, 5) is 0. The predicted octanol–water partition coefficient (Wildman–Crippen LogP) is 5.28. The fourth-order valence-corrected chi connectivity index (χ4v) is 2.66. The van der Waals surface area contributed by atoms with Gasteiger partial charge in [-0.3, -0.25) is 0 Å². The smallest absolute Gasteiger partial charge is 0.118 e. The van der Waals surface area contributed by atoms with Crippen LogP contribution < -0.4 is 4.74 Å². The number of hydrogen-bond acceptors (Lipinski definition) is 1. The van der Waals surface area contributed by atoms with E-state index >= 15 is 0 Å². The fourth-order valence-electron chi connectivity index (χ4n) is 2.66. The van der Waals surface area contributed by atoms with Gasteiger partial charge in [-0.2, -0.15) is 0 Å². The Bertz CT molecular complexity index is 536. The largest absolute Gasteiger partial charge is 0.497 e. The third-order valence-electron chi connectivity index (χ3n) is 4.37. The van der Waals surface area contributed by atoms with E-state index in [2.05, 4.69) is 58.9 Å². The van der Waals surface area contributed by atoms with E-state index < -0.39 is 0 Å². The van der Waals surface area contributed by atoms with E-state index in [-0.39, 0.29) is 10.8 Å². The average Bonchev–Trinajstić information content (AvgIpc) is 2.89. The van der Waals surface area contributed by atoms with Gasteiger partial charge >= 0.3 is 0 Å². The SMILES string of the molecule is COc1ccc(C(C)(C)C2=CCC(C(C)(C)C)=C2)cc1. The second kappa shape index (κ2) is 5.12. The Balaban J connectivity index is 2.29.